The highest BCUT2D eigenvalue weighted by atomic mass is 79.9. The van der Waals surface area contributed by atoms with Crippen molar-refractivity contribution in [3.8, 4) is 0 Å². The highest BCUT2D eigenvalue weighted by molar-refractivity contribution is 9.10. The lowest BCUT2D eigenvalue weighted by Crippen LogP contribution is -2.45. The monoisotopic (exact) mass is 458 g/mol. The number of hydrogen-bond acceptors (Lipinski definition) is 8. The number of halogens is 2. The Morgan fingerprint density at radius 3 is 2.85 bits per heavy atom. The van der Waals surface area contributed by atoms with Crippen LogP contribution in [-0.4, -0.2) is 76.7 Å². The summed E-state index contributed by atoms with van der Waals surface area (Å²) in [6.45, 7) is 5.16. The molecule has 27 heavy (non-hydrogen) atoms. The van der Waals surface area contributed by atoms with Crippen LogP contribution in [0.1, 0.15) is 5.69 Å². The minimum atomic E-state index is -0.383. The Hall–Kier alpha value is -1.69. The summed E-state index contributed by atoms with van der Waals surface area (Å²) < 4.78 is 18.5. The molecule has 8 nitrogen and oxygen atoms in total. The van der Waals surface area contributed by atoms with Crippen molar-refractivity contribution in [2.75, 3.05) is 50.8 Å². The maximum atomic E-state index is 13.4. The van der Waals surface area contributed by atoms with E-state index in [1.807, 2.05) is 0 Å². The average Bonchev–Trinajstić information content (AvgIpc) is 3.12. The molecule has 1 aliphatic heterocycles. The van der Waals surface area contributed by atoms with E-state index in [1.165, 1.54) is 30.0 Å². The summed E-state index contributed by atoms with van der Waals surface area (Å²) >= 11 is 4.61. The zero-order valence-electron chi connectivity index (χ0n) is 14.7. The molecule has 1 saturated heterocycles. The van der Waals surface area contributed by atoms with E-state index in [-0.39, 0.29) is 11.7 Å². The number of benzene rings is 1. The van der Waals surface area contributed by atoms with Crippen molar-refractivity contribution < 1.29 is 14.2 Å². The molecule has 2 heterocycles. The Balaban J connectivity index is 1.59. The van der Waals surface area contributed by atoms with Crippen LogP contribution in [0.25, 0.3) is 0 Å². The molecule has 0 saturated carbocycles. The van der Waals surface area contributed by atoms with Crippen LogP contribution in [0.5, 0.6) is 0 Å². The molecule has 0 bridgehead atoms. The second-order valence-electron chi connectivity index (χ2n) is 6.11. The van der Waals surface area contributed by atoms with Gasteiger partial charge in [0, 0.05) is 44.2 Å². The molecule has 0 atom stereocenters. The zero-order chi connectivity index (χ0) is 19.2. The largest absolute Gasteiger partial charge is 0.409 e. The summed E-state index contributed by atoms with van der Waals surface area (Å²) in [7, 11) is 2.13. The Kier molecular flexibility index (Phi) is 7.05. The third-order valence-corrected chi connectivity index (χ3v) is 5.74. The number of likely N-dealkylation sites (N-methyl/N-ethyl adjacent to an activating group) is 1. The number of piperazine rings is 1. The van der Waals surface area contributed by atoms with E-state index in [4.69, 9.17) is 4.63 Å². The summed E-state index contributed by atoms with van der Waals surface area (Å²) in [5.41, 5.74) is 0.841. The van der Waals surface area contributed by atoms with Crippen LogP contribution in [0.2, 0.25) is 0 Å². The Bertz CT molecular complexity index is 797. The molecule has 0 aliphatic carbocycles. The number of hydrogen-bond donors (Lipinski definition) is 2. The van der Waals surface area contributed by atoms with Gasteiger partial charge < -0.3 is 15.4 Å². The molecule has 3 rings (SSSR count). The maximum Gasteiger partial charge on any atom is 0.202 e. The third-order valence-electron chi connectivity index (χ3n) is 4.21. The van der Waals surface area contributed by atoms with E-state index in [9.17, 15) is 9.60 Å². The molecule has 2 N–H and O–H groups in total. The zero-order valence-corrected chi connectivity index (χ0v) is 17.1. The van der Waals surface area contributed by atoms with Crippen LogP contribution in [0.15, 0.2) is 37.5 Å². The highest BCUT2D eigenvalue weighted by Gasteiger charge is 2.19. The van der Waals surface area contributed by atoms with Crippen molar-refractivity contribution in [2.24, 2.45) is 5.16 Å². The van der Waals surface area contributed by atoms with Gasteiger partial charge in [0.25, 0.3) is 0 Å². The van der Waals surface area contributed by atoms with E-state index in [0.29, 0.717) is 20.9 Å². The molecule has 1 aromatic heterocycles. The van der Waals surface area contributed by atoms with Crippen molar-refractivity contribution in [2.45, 2.75) is 5.03 Å². The molecule has 1 fully saturated rings. The molecular weight excluding hydrogens is 439 g/mol. The van der Waals surface area contributed by atoms with Crippen LogP contribution in [0.3, 0.4) is 0 Å². The lowest BCUT2D eigenvalue weighted by molar-refractivity contribution is 0.161. The smallest absolute Gasteiger partial charge is 0.202 e. The van der Waals surface area contributed by atoms with Crippen LogP contribution in [0, 0.1) is 5.82 Å². The number of nitrogens with zero attached hydrogens (tertiary/aromatic N) is 5. The van der Waals surface area contributed by atoms with Crippen LogP contribution < -0.4 is 5.32 Å². The summed E-state index contributed by atoms with van der Waals surface area (Å²) in [4.78, 5) is 4.71. The molecular formula is C16H20BrFN6O2S. The van der Waals surface area contributed by atoms with Crippen LogP contribution in [-0.2, 0) is 0 Å². The number of aromatic nitrogens is 2. The van der Waals surface area contributed by atoms with Gasteiger partial charge in [-0.25, -0.2) is 9.02 Å². The summed E-state index contributed by atoms with van der Waals surface area (Å²) in [5, 5.41) is 23.8. The van der Waals surface area contributed by atoms with Crippen LogP contribution >= 0.6 is 27.7 Å². The van der Waals surface area contributed by atoms with Gasteiger partial charge in [-0.05, 0) is 51.5 Å². The second kappa shape index (κ2) is 9.49. The van der Waals surface area contributed by atoms with E-state index in [0.717, 1.165) is 38.5 Å². The van der Waals surface area contributed by atoms with Crippen molar-refractivity contribution in [3.05, 3.63) is 34.2 Å². The number of nitrogens with one attached hydrogen (secondary N) is 1. The molecule has 11 heteroatoms. The molecule has 1 aliphatic rings. The van der Waals surface area contributed by atoms with Crippen molar-refractivity contribution in [1.29, 1.82) is 0 Å². The number of rotatable bonds is 6. The van der Waals surface area contributed by atoms with Gasteiger partial charge in [-0.2, -0.15) is 0 Å². The predicted molar refractivity (Wildman–Crippen MR) is 105 cm³/mol. The first-order chi connectivity index (χ1) is 13.1. The van der Waals surface area contributed by atoms with Gasteiger partial charge in [-0.15, -0.1) is 0 Å². The van der Waals surface area contributed by atoms with E-state index >= 15 is 0 Å². The summed E-state index contributed by atoms with van der Waals surface area (Å²) in [5.74, 6) is 0.509. The molecule has 2 aromatic rings. The standard InChI is InChI=1S/C16H20BrFN6O2S/c1-23-4-6-24(7-5-23)8-9-27-16-14(21-26-22-16)15(20-25)19-11-2-3-13(18)12(17)10-11/h2-3,10,25H,4-9H2,1H3,(H,19,20). The van der Waals surface area contributed by atoms with Gasteiger partial charge in [0.05, 0.1) is 4.47 Å². The lowest BCUT2D eigenvalue weighted by Gasteiger charge is -2.32. The fourth-order valence-electron chi connectivity index (χ4n) is 2.60. The van der Waals surface area contributed by atoms with E-state index in [2.05, 4.69) is 53.6 Å². The fourth-order valence-corrected chi connectivity index (χ4v) is 3.88. The van der Waals surface area contributed by atoms with Gasteiger partial charge in [0.15, 0.2) is 10.7 Å². The van der Waals surface area contributed by atoms with Gasteiger partial charge in [0.2, 0.25) is 5.84 Å². The average molecular weight is 459 g/mol. The SMILES string of the molecule is CN1CCN(CCSc2nonc2/C(=N\O)Nc2ccc(F)c(Br)c2)CC1. The maximum absolute atomic E-state index is 13.4. The van der Waals surface area contributed by atoms with E-state index in [1.54, 1.807) is 0 Å². The third kappa shape index (κ3) is 5.41. The molecule has 0 unspecified atom stereocenters. The van der Waals surface area contributed by atoms with Crippen molar-refractivity contribution in [1.82, 2.24) is 20.1 Å². The summed E-state index contributed by atoms with van der Waals surface area (Å²) in [6.07, 6.45) is 0. The minimum absolute atomic E-state index is 0.0804. The van der Waals surface area contributed by atoms with Crippen LogP contribution in [0.4, 0.5) is 10.1 Å². The molecule has 146 valence electrons. The highest BCUT2D eigenvalue weighted by Crippen LogP contribution is 2.23. The predicted octanol–water partition coefficient (Wildman–Crippen LogP) is 2.56. The Morgan fingerprint density at radius 1 is 1.37 bits per heavy atom. The second-order valence-corrected chi connectivity index (χ2v) is 8.05. The fraction of sp³-hybridized carbons (Fsp3) is 0.438. The van der Waals surface area contributed by atoms with E-state index < -0.39 is 0 Å². The molecule has 0 radical (unpaired) electrons. The van der Waals surface area contributed by atoms with Crippen molar-refractivity contribution in [3.63, 3.8) is 0 Å². The molecule has 1 aromatic carbocycles. The number of thioether (sulfide) groups is 1. The topological polar surface area (TPSA) is 90.0 Å². The van der Waals surface area contributed by atoms with Gasteiger partial charge in [-0.3, -0.25) is 4.90 Å². The first-order valence-corrected chi connectivity index (χ1v) is 10.2. The normalized spacial score (nSPS) is 16.6. The Morgan fingerprint density at radius 2 is 2.15 bits per heavy atom. The molecule has 0 spiro atoms. The first-order valence-electron chi connectivity index (χ1n) is 8.37. The first kappa shape index (κ1) is 20.1. The number of amidine groups is 1. The van der Waals surface area contributed by atoms with Gasteiger partial charge in [-0.1, -0.05) is 16.9 Å². The van der Waals surface area contributed by atoms with Crippen molar-refractivity contribution >= 4 is 39.2 Å². The number of anilines is 1. The van der Waals surface area contributed by atoms with Gasteiger partial charge in [0.1, 0.15) is 5.82 Å². The van der Waals surface area contributed by atoms with Gasteiger partial charge >= 0.3 is 0 Å². The Labute approximate surface area is 168 Å². The number of oxime groups is 1. The minimum Gasteiger partial charge on any atom is -0.409 e. The quantitative estimate of drug-likeness (QED) is 0.224. The lowest BCUT2D eigenvalue weighted by atomic mass is 10.3. The summed E-state index contributed by atoms with van der Waals surface area (Å²) in [6, 6.07) is 4.36. The molecule has 0 amide bonds.